The van der Waals surface area contributed by atoms with Gasteiger partial charge in [-0.2, -0.15) is 0 Å². The van der Waals surface area contributed by atoms with Crippen molar-refractivity contribution >= 4 is 15.7 Å². The molecule has 1 heterocycles. The van der Waals surface area contributed by atoms with Crippen LogP contribution in [0.3, 0.4) is 0 Å². The second-order valence-corrected chi connectivity index (χ2v) is 5.89. The number of pyridine rings is 1. The van der Waals surface area contributed by atoms with Crippen molar-refractivity contribution < 1.29 is 13.2 Å². The third-order valence-electron chi connectivity index (χ3n) is 2.36. The molecule has 1 aromatic heterocycles. The molecule has 1 unspecified atom stereocenters. The third-order valence-corrected chi connectivity index (χ3v) is 3.91. The van der Waals surface area contributed by atoms with E-state index < -0.39 is 10.0 Å². The van der Waals surface area contributed by atoms with Crippen LogP contribution < -0.4 is 10.0 Å². The van der Waals surface area contributed by atoms with Crippen molar-refractivity contribution in [1.29, 1.82) is 0 Å². The summed E-state index contributed by atoms with van der Waals surface area (Å²) in [5, 5.41) is 3.08. The molecule has 0 saturated carbocycles. The number of nitrogens with zero attached hydrogens (tertiary/aromatic N) is 1. The Labute approximate surface area is 114 Å². The summed E-state index contributed by atoms with van der Waals surface area (Å²) in [5.41, 5.74) is 0.515. The van der Waals surface area contributed by atoms with Gasteiger partial charge in [0.15, 0.2) is 5.03 Å². The van der Waals surface area contributed by atoms with Crippen molar-refractivity contribution in [1.82, 2.24) is 9.71 Å². The zero-order valence-corrected chi connectivity index (χ0v) is 12.3. The largest absolute Gasteiger partial charge is 0.383 e. The molecule has 0 bridgehead atoms. The Morgan fingerprint density at radius 3 is 2.84 bits per heavy atom. The van der Waals surface area contributed by atoms with Crippen LogP contribution in [0.2, 0.25) is 0 Å². The summed E-state index contributed by atoms with van der Waals surface area (Å²) in [7, 11) is -2.12. The summed E-state index contributed by atoms with van der Waals surface area (Å²) in [6.45, 7) is 4.76. The standard InChI is InChI=1S/C12H21N3O3S/c1-4-7-13-11-6-5-8-14-12(11)19(16,17)15-10(2)9-18-3/h5-6,8,10,13,15H,4,7,9H2,1-3H3. The Hall–Kier alpha value is -1.18. The minimum atomic E-state index is -3.65. The van der Waals surface area contributed by atoms with Gasteiger partial charge in [0.2, 0.25) is 0 Å². The number of hydrogen-bond acceptors (Lipinski definition) is 5. The van der Waals surface area contributed by atoms with E-state index in [1.54, 1.807) is 19.1 Å². The second kappa shape index (κ2) is 7.42. The van der Waals surface area contributed by atoms with Gasteiger partial charge in [-0.05, 0) is 25.5 Å². The van der Waals surface area contributed by atoms with Gasteiger partial charge in [-0.15, -0.1) is 0 Å². The first-order valence-corrected chi connectivity index (χ1v) is 7.69. The number of rotatable bonds is 8. The summed E-state index contributed by atoms with van der Waals surface area (Å²) in [5.74, 6) is 0. The molecule has 1 rings (SSSR count). The SMILES string of the molecule is CCCNc1cccnc1S(=O)(=O)NC(C)COC. The quantitative estimate of drug-likeness (QED) is 0.751. The fourth-order valence-electron chi connectivity index (χ4n) is 1.60. The highest BCUT2D eigenvalue weighted by atomic mass is 32.2. The summed E-state index contributed by atoms with van der Waals surface area (Å²) in [6.07, 6.45) is 2.37. The molecule has 0 aliphatic rings. The summed E-state index contributed by atoms with van der Waals surface area (Å²) in [6, 6.07) is 3.10. The molecule has 0 amide bonds. The van der Waals surface area contributed by atoms with Gasteiger partial charge in [-0.25, -0.2) is 18.1 Å². The highest BCUT2D eigenvalue weighted by molar-refractivity contribution is 7.89. The highest BCUT2D eigenvalue weighted by Crippen LogP contribution is 2.18. The molecule has 1 aromatic rings. The first-order valence-electron chi connectivity index (χ1n) is 6.21. The maximum absolute atomic E-state index is 12.2. The lowest BCUT2D eigenvalue weighted by atomic mass is 10.4. The molecule has 0 spiro atoms. The molecule has 0 radical (unpaired) electrons. The highest BCUT2D eigenvalue weighted by Gasteiger charge is 2.22. The number of ether oxygens (including phenoxy) is 1. The van der Waals surface area contributed by atoms with Crippen molar-refractivity contribution in [2.45, 2.75) is 31.3 Å². The molecule has 0 aliphatic heterocycles. The maximum atomic E-state index is 12.2. The Balaban J connectivity index is 2.94. The smallest absolute Gasteiger partial charge is 0.260 e. The molecule has 6 nitrogen and oxygen atoms in total. The lowest BCUT2D eigenvalue weighted by molar-refractivity contribution is 0.180. The molecular formula is C12H21N3O3S. The number of methoxy groups -OCH3 is 1. The minimum absolute atomic E-state index is 0.0198. The van der Waals surface area contributed by atoms with Crippen molar-refractivity contribution in [3.8, 4) is 0 Å². The van der Waals surface area contributed by atoms with Crippen molar-refractivity contribution in [2.24, 2.45) is 0 Å². The maximum Gasteiger partial charge on any atom is 0.260 e. The lowest BCUT2D eigenvalue weighted by Crippen LogP contribution is -2.36. The van der Waals surface area contributed by atoms with Crippen molar-refractivity contribution in [3.63, 3.8) is 0 Å². The number of anilines is 1. The summed E-state index contributed by atoms with van der Waals surface area (Å²) >= 11 is 0. The first kappa shape index (κ1) is 15.9. The zero-order valence-electron chi connectivity index (χ0n) is 11.5. The van der Waals surface area contributed by atoms with Crippen LogP contribution in [0.25, 0.3) is 0 Å². The van der Waals surface area contributed by atoms with Gasteiger partial charge < -0.3 is 10.1 Å². The lowest BCUT2D eigenvalue weighted by Gasteiger charge is -2.15. The van der Waals surface area contributed by atoms with Crippen LogP contribution in [0.15, 0.2) is 23.4 Å². The number of hydrogen-bond donors (Lipinski definition) is 2. The summed E-state index contributed by atoms with van der Waals surface area (Å²) < 4.78 is 31.9. The molecule has 7 heteroatoms. The van der Waals surface area contributed by atoms with Gasteiger partial charge in [0, 0.05) is 25.9 Å². The number of nitrogens with one attached hydrogen (secondary N) is 2. The zero-order chi connectivity index (χ0) is 14.3. The average molecular weight is 287 g/mol. The van der Waals surface area contributed by atoms with Crippen LogP contribution in [-0.4, -0.2) is 39.7 Å². The van der Waals surface area contributed by atoms with E-state index in [2.05, 4.69) is 15.0 Å². The number of aromatic nitrogens is 1. The molecular weight excluding hydrogens is 266 g/mol. The first-order chi connectivity index (χ1) is 9.01. The van der Waals surface area contributed by atoms with E-state index in [1.165, 1.54) is 13.3 Å². The van der Waals surface area contributed by atoms with E-state index in [-0.39, 0.29) is 11.1 Å². The van der Waals surface area contributed by atoms with Gasteiger partial charge >= 0.3 is 0 Å². The van der Waals surface area contributed by atoms with Gasteiger partial charge in [0.1, 0.15) is 0 Å². The van der Waals surface area contributed by atoms with Crippen LogP contribution in [0.4, 0.5) is 5.69 Å². The fourth-order valence-corrected chi connectivity index (χ4v) is 2.94. The van der Waals surface area contributed by atoms with Crippen molar-refractivity contribution in [3.05, 3.63) is 18.3 Å². The van der Waals surface area contributed by atoms with Gasteiger partial charge in [-0.1, -0.05) is 6.92 Å². The van der Waals surface area contributed by atoms with Gasteiger partial charge in [0.05, 0.1) is 12.3 Å². The normalized spacial score (nSPS) is 13.2. The monoisotopic (exact) mass is 287 g/mol. The van der Waals surface area contributed by atoms with E-state index in [9.17, 15) is 8.42 Å². The molecule has 2 N–H and O–H groups in total. The van der Waals surface area contributed by atoms with Crippen LogP contribution in [-0.2, 0) is 14.8 Å². The van der Waals surface area contributed by atoms with Crippen LogP contribution >= 0.6 is 0 Å². The van der Waals surface area contributed by atoms with E-state index in [4.69, 9.17) is 4.74 Å². The predicted octanol–water partition coefficient (Wildman–Crippen LogP) is 1.22. The Bertz CT molecular complexity index is 491. The molecule has 0 fully saturated rings. The van der Waals surface area contributed by atoms with E-state index in [1.807, 2.05) is 6.92 Å². The Kier molecular flexibility index (Phi) is 6.20. The van der Waals surface area contributed by atoms with E-state index >= 15 is 0 Å². The van der Waals surface area contributed by atoms with Crippen molar-refractivity contribution in [2.75, 3.05) is 25.6 Å². The minimum Gasteiger partial charge on any atom is -0.383 e. The fraction of sp³-hybridized carbons (Fsp3) is 0.583. The van der Waals surface area contributed by atoms with Crippen LogP contribution in [0.5, 0.6) is 0 Å². The molecule has 0 aliphatic carbocycles. The van der Waals surface area contributed by atoms with Gasteiger partial charge in [0.25, 0.3) is 10.0 Å². The Morgan fingerprint density at radius 1 is 1.47 bits per heavy atom. The molecule has 1 atom stereocenters. The Morgan fingerprint density at radius 2 is 2.21 bits per heavy atom. The summed E-state index contributed by atoms with van der Waals surface area (Å²) in [4.78, 5) is 3.96. The third kappa shape index (κ3) is 4.77. The van der Waals surface area contributed by atoms with E-state index in [0.717, 1.165) is 6.42 Å². The topological polar surface area (TPSA) is 80.3 Å². The second-order valence-electron chi connectivity index (χ2n) is 4.26. The number of sulfonamides is 1. The molecule has 19 heavy (non-hydrogen) atoms. The molecule has 108 valence electrons. The predicted molar refractivity (Wildman–Crippen MR) is 74.7 cm³/mol. The van der Waals surface area contributed by atoms with Gasteiger partial charge in [-0.3, -0.25) is 0 Å². The van der Waals surface area contributed by atoms with E-state index in [0.29, 0.717) is 18.8 Å². The average Bonchev–Trinajstić information content (AvgIpc) is 2.36. The van der Waals surface area contributed by atoms with Crippen LogP contribution in [0, 0.1) is 0 Å². The molecule has 0 saturated heterocycles. The van der Waals surface area contributed by atoms with Crippen LogP contribution in [0.1, 0.15) is 20.3 Å². The molecule has 0 aromatic carbocycles.